The van der Waals surface area contributed by atoms with Gasteiger partial charge in [-0.1, -0.05) is 17.7 Å². The van der Waals surface area contributed by atoms with Crippen molar-refractivity contribution in [3.8, 4) is 5.75 Å². The number of aromatic nitrogens is 1. The molecule has 0 aliphatic heterocycles. The highest BCUT2D eigenvalue weighted by molar-refractivity contribution is 6.07. The van der Waals surface area contributed by atoms with Crippen LogP contribution in [0.5, 0.6) is 5.75 Å². The standard InChI is InChI=1S/C18H18N2O2/c1-11-4-6-13(7-5-11)19-18(21)17-12(2)15-9-8-14(22-3)10-16(15)20-17/h4-10,20H,1-3H3,(H,19,21). The third kappa shape index (κ3) is 2.55. The highest BCUT2D eigenvalue weighted by atomic mass is 16.5. The molecular formula is C18H18N2O2. The summed E-state index contributed by atoms with van der Waals surface area (Å²) >= 11 is 0. The van der Waals surface area contributed by atoms with E-state index in [1.807, 2.05) is 56.3 Å². The van der Waals surface area contributed by atoms with Crippen molar-refractivity contribution < 1.29 is 9.53 Å². The summed E-state index contributed by atoms with van der Waals surface area (Å²) in [4.78, 5) is 15.6. The van der Waals surface area contributed by atoms with Gasteiger partial charge in [0, 0.05) is 22.7 Å². The third-order valence-electron chi connectivity index (χ3n) is 3.80. The first-order valence-electron chi connectivity index (χ1n) is 7.13. The molecule has 4 nitrogen and oxygen atoms in total. The maximum absolute atomic E-state index is 12.5. The SMILES string of the molecule is COc1ccc2c(C)c(C(=O)Nc3ccc(C)cc3)[nH]c2c1. The first kappa shape index (κ1) is 14.2. The Morgan fingerprint density at radius 2 is 1.82 bits per heavy atom. The Hall–Kier alpha value is -2.75. The van der Waals surface area contributed by atoms with Crippen LogP contribution in [0.4, 0.5) is 5.69 Å². The molecule has 1 amide bonds. The summed E-state index contributed by atoms with van der Waals surface area (Å²) in [6.45, 7) is 3.95. The number of hydrogen-bond donors (Lipinski definition) is 2. The Morgan fingerprint density at radius 3 is 2.50 bits per heavy atom. The number of rotatable bonds is 3. The Morgan fingerprint density at radius 1 is 1.09 bits per heavy atom. The van der Waals surface area contributed by atoms with Crippen LogP contribution < -0.4 is 10.1 Å². The van der Waals surface area contributed by atoms with Crippen molar-refractivity contribution in [2.45, 2.75) is 13.8 Å². The summed E-state index contributed by atoms with van der Waals surface area (Å²) in [7, 11) is 1.63. The molecule has 0 radical (unpaired) electrons. The van der Waals surface area contributed by atoms with E-state index in [0.717, 1.165) is 33.5 Å². The van der Waals surface area contributed by atoms with Crippen LogP contribution in [0.3, 0.4) is 0 Å². The number of fused-ring (bicyclic) bond motifs is 1. The van der Waals surface area contributed by atoms with Crippen molar-refractivity contribution in [2.24, 2.45) is 0 Å². The van der Waals surface area contributed by atoms with Crippen molar-refractivity contribution in [3.05, 3.63) is 59.3 Å². The molecule has 1 heterocycles. The number of anilines is 1. The third-order valence-corrected chi connectivity index (χ3v) is 3.80. The Bertz CT molecular complexity index is 832. The Kier molecular flexibility index (Phi) is 3.59. The summed E-state index contributed by atoms with van der Waals surface area (Å²) in [5, 5.41) is 3.94. The lowest BCUT2D eigenvalue weighted by atomic mass is 10.1. The van der Waals surface area contributed by atoms with Gasteiger partial charge in [-0.3, -0.25) is 4.79 Å². The van der Waals surface area contributed by atoms with Crippen molar-refractivity contribution in [1.29, 1.82) is 0 Å². The molecule has 3 rings (SSSR count). The summed E-state index contributed by atoms with van der Waals surface area (Å²) in [6.07, 6.45) is 0. The lowest BCUT2D eigenvalue weighted by molar-refractivity contribution is 0.102. The minimum absolute atomic E-state index is 0.142. The largest absolute Gasteiger partial charge is 0.497 e. The van der Waals surface area contributed by atoms with E-state index in [9.17, 15) is 4.79 Å². The quantitative estimate of drug-likeness (QED) is 0.765. The predicted molar refractivity (Wildman–Crippen MR) is 88.7 cm³/mol. The number of amides is 1. The highest BCUT2D eigenvalue weighted by Crippen LogP contribution is 2.26. The maximum Gasteiger partial charge on any atom is 0.272 e. The zero-order valence-corrected chi connectivity index (χ0v) is 12.9. The van der Waals surface area contributed by atoms with Gasteiger partial charge in [-0.15, -0.1) is 0 Å². The zero-order chi connectivity index (χ0) is 15.7. The molecular weight excluding hydrogens is 276 g/mol. The van der Waals surface area contributed by atoms with Crippen LogP contribution >= 0.6 is 0 Å². The van der Waals surface area contributed by atoms with E-state index in [1.54, 1.807) is 7.11 Å². The van der Waals surface area contributed by atoms with Crippen LogP contribution in [0, 0.1) is 13.8 Å². The van der Waals surface area contributed by atoms with Crippen molar-refractivity contribution in [2.75, 3.05) is 12.4 Å². The molecule has 0 bridgehead atoms. The molecule has 0 atom stereocenters. The van der Waals surface area contributed by atoms with Crippen LogP contribution in [0.15, 0.2) is 42.5 Å². The predicted octanol–water partition coefficient (Wildman–Crippen LogP) is 4.05. The molecule has 0 unspecified atom stereocenters. The molecule has 2 aromatic carbocycles. The average molecular weight is 294 g/mol. The molecule has 0 saturated heterocycles. The van der Waals surface area contributed by atoms with Crippen LogP contribution in [-0.2, 0) is 0 Å². The number of carbonyl (C=O) groups excluding carboxylic acids is 1. The van der Waals surface area contributed by atoms with E-state index in [4.69, 9.17) is 4.74 Å². The van der Waals surface area contributed by atoms with Crippen molar-refractivity contribution in [1.82, 2.24) is 4.98 Å². The minimum Gasteiger partial charge on any atom is -0.497 e. The van der Waals surface area contributed by atoms with E-state index < -0.39 is 0 Å². The Balaban J connectivity index is 1.93. The number of aryl methyl sites for hydroxylation is 2. The fourth-order valence-corrected chi connectivity index (χ4v) is 2.50. The van der Waals surface area contributed by atoms with Crippen LogP contribution in [-0.4, -0.2) is 18.0 Å². The molecule has 3 aromatic rings. The molecule has 2 N–H and O–H groups in total. The number of benzene rings is 2. The van der Waals surface area contributed by atoms with E-state index in [-0.39, 0.29) is 5.91 Å². The highest BCUT2D eigenvalue weighted by Gasteiger charge is 2.15. The van der Waals surface area contributed by atoms with Gasteiger partial charge in [0.2, 0.25) is 0 Å². The van der Waals surface area contributed by atoms with Crippen molar-refractivity contribution in [3.63, 3.8) is 0 Å². The Labute approximate surface area is 129 Å². The number of carbonyl (C=O) groups is 1. The second-order valence-corrected chi connectivity index (χ2v) is 5.36. The fourth-order valence-electron chi connectivity index (χ4n) is 2.50. The molecule has 0 spiro atoms. The summed E-state index contributed by atoms with van der Waals surface area (Å²) in [5.74, 6) is 0.621. The molecule has 4 heteroatoms. The van der Waals surface area contributed by atoms with Crippen LogP contribution in [0.25, 0.3) is 10.9 Å². The topological polar surface area (TPSA) is 54.1 Å². The molecule has 112 valence electrons. The second kappa shape index (κ2) is 5.56. The number of aromatic amines is 1. The van der Waals surface area contributed by atoms with Gasteiger partial charge in [-0.2, -0.15) is 0 Å². The smallest absolute Gasteiger partial charge is 0.272 e. The maximum atomic E-state index is 12.5. The van der Waals surface area contributed by atoms with Gasteiger partial charge in [-0.05, 0) is 43.7 Å². The van der Waals surface area contributed by atoms with Gasteiger partial charge in [-0.25, -0.2) is 0 Å². The second-order valence-electron chi connectivity index (χ2n) is 5.36. The number of hydrogen-bond acceptors (Lipinski definition) is 2. The van der Waals surface area contributed by atoms with E-state index >= 15 is 0 Å². The lowest BCUT2D eigenvalue weighted by Crippen LogP contribution is -2.13. The average Bonchev–Trinajstić information content (AvgIpc) is 2.86. The molecule has 22 heavy (non-hydrogen) atoms. The first-order valence-corrected chi connectivity index (χ1v) is 7.13. The number of ether oxygens (including phenoxy) is 1. The van der Waals surface area contributed by atoms with E-state index in [1.165, 1.54) is 0 Å². The summed E-state index contributed by atoms with van der Waals surface area (Å²) in [6, 6.07) is 13.5. The van der Waals surface area contributed by atoms with Gasteiger partial charge in [0.25, 0.3) is 5.91 Å². The number of methoxy groups -OCH3 is 1. The molecule has 0 saturated carbocycles. The molecule has 0 aliphatic rings. The zero-order valence-electron chi connectivity index (χ0n) is 12.9. The van der Waals surface area contributed by atoms with Gasteiger partial charge >= 0.3 is 0 Å². The minimum atomic E-state index is -0.142. The molecule has 1 aromatic heterocycles. The van der Waals surface area contributed by atoms with Crippen LogP contribution in [0.1, 0.15) is 21.6 Å². The van der Waals surface area contributed by atoms with E-state index in [0.29, 0.717) is 5.69 Å². The van der Waals surface area contributed by atoms with Crippen LogP contribution in [0.2, 0.25) is 0 Å². The number of nitrogens with one attached hydrogen (secondary N) is 2. The van der Waals surface area contributed by atoms with Gasteiger partial charge in [0.1, 0.15) is 11.4 Å². The summed E-state index contributed by atoms with van der Waals surface area (Å²) < 4.78 is 5.22. The summed E-state index contributed by atoms with van der Waals surface area (Å²) in [5.41, 5.74) is 4.34. The number of H-pyrrole nitrogens is 1. The van der Waals surface area contributed by atoms with Gasteiger partial charge in [0.05, 0.1) is 7.11 Å². The van der Waals surface area contributed by atoms with Crippen molar-refractivity contribution >= 4 is 22.5 Å². The van der Waals surface area contributed by atoms with Gasteiger partial charge < -0.3 is 15.0 Å². The molecule has 0 aliphatic carbocycles. The van der Waals surface area contributed by atoms with E-state index in [2.05, 4.69) is 10.3 Å². The fraction of sp³-hybridized carbons (Fsp3) is 0.167. The first-order chi connectivity index (χ1) is 10.6. The monoisotopic (exact) mass is 294 g/mol. The van der Waals surface area contributed by atoms with Gasteiger partial charge in [0.15, 0.2) is 0 Å². The molecule has 0 fully saturated rings. The lowest BCUT2D eigenvalue weighted by Gasteiger charge is -2.05. The normalized spacial score (nSPS) is 10.7.